The summed E-state index contributed by atoms with van der Waals surface area (Å²) in [6, 6.07) is 7.75. The lowest BCUT2D eigenvalue weighted by atomic mass is 9.98. The summed E-state index contributed by atoms with van der Waals surface area (Å²) in [5, 5.41) is 3.48. The highest BCUT2D eigenvalue weighted by Crippen LogP contribution is 2.30. The van der Waals surface area contributed by atoms with Gasteiger partial charge in [0.2, 0.25) is 0 Å². The van der Waals surface area contributed by atoms with Crippen molar-refractivity contribution < 1.29 is 19.0 Å². The van der Waals surface area contributed by atoms with Crippen LogP contribution in [0.3, 0.4) is 0 Å². The van der Waals surface area contributed by atoms with Crippen molar-refractivity contribution in [3.8, 4) is 11.5 Å². The zero-order valence-electron chi connectivity index (χ0n) is 16.0. The van der Waals surface area contributed by atoms with E-state index in [2.05, 4.69) is 5.32 Å². The van der Waals surface area contributed by atoms with E-state index < -0.39 is 5.60 Å². The fourth-order valence-corrected chi connectivity index (χ4v) is 3.34. The van der Waals surface area contributed by atoms with Crippen LogP contribution >= 0.6 is 0 Å². The molecular weight excluding hydrogens is 332 g/mol. The number of hydrogen-bond acceptors (Lipinski definition) is 5. The van der Waals surface area contributed by atoms with E-state index in [1.54, 1.807) is 0 Å². The summed E-state index contributed by atoms with van der Waals surface area (Å²) >= 11 is 0. The second-order valence-electron chi connectivity index (χ2n) is 8.09. The molecule has 2 aliphatic rings. The number of amides is 1. The Morgan fingerprint density at radius 1 is 1.27 bits per heavy atom. The van der Waals surface area contributed by atoms with Gasteiger partial charge in [-0.25, -0.2) is 4.79 Å². The van der Waals surface area contributed by atoms with Crippen LogP contribution in [-0.4, -0.2) is 55.5 Å². The lowest BCUT2D eigenvalue weighted by Crippen LogP contribution is -2.46. The molecule has 2 atom stereocenters. The van der Waals surface area contributed by atoms with E-state index >= 15 is 0 Å². The zero-order chi connectivity index (χ0) is 18.6. The SMILES string of the molecule is CC(C)(C)OC(=O)N1CCCC(CNCC2COc3ccccc3O2)C1. The average Bonchev–Trinajstić information content (AvgIpc) is 2.60. The second-order valence-corrected chi connectivity index (χ2v) is 8.09. The first-order valence-electron chi connectivity index (χ1n) is 9.48. The van der Waals surface area contributed by atoms with Crippen LogP contribution in [-0.2, 0) is 4.74 Å². The van der Waals surface area contributed by atoms with Crippen LogP contribution in [0.2, 0.25) is 0 Å². The molecule has 2 aliphatic heterocycles. The number of nitrogens with zero attached hydrogens (tertiary/aromatic N) is 1. The van der Waals surface area contributed by atoms with Crippen LogP contribution in [0.15, 0.2) is 24.3 Å². The van der Waals surface area contributed by atoms with Crippen molar-refractivity contribution >= 4 is 6.09 Å². The molecule has 2 heterocycles. The van der Waals surface area contributed by atoms with E-state index in [-0.39, 0.29) is 12.2 Å². The molecule has 0 saturated carbocycles. The van der Waals surface area contributed by atoms with Crippen LogP contribution in [0.4, 0.5) is 4.79 Å². The van der Waals surface area contributed by atoms with E-state index in [0.717, 1.165) is 50.5 Å². The average molecular weight is 362 g/mol. The molecule has 0 bridgehead atoms. The first-order valence-corrected chi connectivity index (χ1v) is 9.48. The van der Waals surface area contributed by atoms with Crippen LogP contribution in [0.25, 0.3) is 0 Å². The third-order valence-corrected chi connectivity index (χ3v) is 4.54. The molecule has 6 nitrogen and oxygen atoms in total. The molecule has 0 radical (unpaired) electrons. The van der Waals surface area contributed by atoms with Crippen molar-refractivity contribution in [2.45, 2.75) is 45.3 Å². The number of likely N-dealkylation sites (tertiary alicyclic amines) is 1. The van der Waals surface area contributed by atoms with Gasteiger partial charge in [-0.1, -0.05) is 12.1 Å². The molecule has 1 N–H and O–H groups in total. The number of hydrogen-bond donors (Lipinski definition) is 1. The Balaban J connectivity index is 1.40. The van der Waals surface area contributed by atoms with Crippen LogP contribution in [0, 0.1) is 5.92 Å². The number of carbonyl (C=O) groups is 1. The number of ether oxygens (including phenoxy) is 3. The molecule has 3 rings (SSSR count). The van der Waals surface area contributed by atoms with Crippen molar-refractivity contribution in [3.05, 3.63) is 24.3 Å². The van der Waals surface area contributed by atoms with Gasteiger partial charge >= 0.3 is 6.09 Å². The predicted molar refractivity (Wildman–Crippen MR) is 99.8 cm³/mol. The minimum absolute atomic E-state index is 0.00968. The fourth-order valence-electron chi connectivity index (χ4n) is 3.34. The summed E-state index contributed by atoms with van der Waals surface area (Å²) in [4.78, 5) is 14.1. The molecule has 26 heavy (non-hydrogen) atoms. The number of nitrogens with one attached hydrogen (secondary N) is 1. The smallest absolute Gasteiger partial charge is 0.410 e. The standard InChI is InChI=1S/C20H30N2O4/c1-20(2,3)26-19(23)22-10-6-7-15(13-22)11-21-12-16-14-24-17-8-4-5-9-18(17)25-16/h4-5,8-9,15-16,21H,6-7,10-14H2,1-3H3. The highest BCUT2D eigenvalue weighted by atomic mass is 16.6. The van der Waals surface area contributed by atoms with Crippen molar-refractivity contribution in [1.29, 1.82) is 0 Å². The molecule has 1 saturated heterocycles. The molecule has 6 heteroatoms. The lowest BCUT2D eigenvalue weighted by Gasteiger charge is -2.34. The van der Waals surface area contributed by atoms with Crippen molar-refractivity contribution in [2.75, 3.05) is 32.8 Å². The van der Waals surface area contributed by atoms with Gasteiger partial charge in [0.25, 0.3) is 0 Å². The lowest BCUT2D eigenvalue weighted by molar-refractivity contribution is 0.0163. The third kappa shape index (κ3) is 5.27. The van der Waals surface area contributed by atoms with Gasteiger partial charge in [-0.2, -0.15) is 0 Å². The van der Waals surface area contributed by atoms with Crippen LogP contribution in [0.5, 0.6) is 11.5 Å². The van der Waals surface area contributed by atoms with E-state index in [1.807, 2.05) is 49.9 Å². The molecule has 1 amide bonds. The van der Waals surface area contributed by atoms with E-state index in [0.29, 0.717) is 12.5 Å². The number of carbonyl (C=O) groups excluding carboxylic acids is 1. The Morgan fingerprint density at radius 2 is 2.04 bits per heavy atom. The van der Waals surface area contributed by atoms with Crippen molar-refractivity contribution in [1.82, 2.24) is 10.2 Å². The third-order valence-electron chi connectivity index (χ3n) is 4.54. The van der Waals surface area contributed by atoms with Gasteiger partial charge < -0.3 is 24.4 Å². The van der Waals surface area contributed by atoms with Gasteiger partial charge in [0.15, 0.2) is 11.5 Å². The maximum absolute atomic E-state index is 12.2. The van der Waals surface area contributed by atoms with Crippen LogP contribution in [0.1, 0.15) is 33.6 Å². The van der Waals surface area contributed by atoms with Gasteiger partial charge in [-0.3, -0.25) is 0 Å². The topological polar surface area (TPSA) is 60.0 Å². The van der Waals surface area contributed by atoms with Gasteiger partial charge in [-0.15, -0.1) is 0 Å². The highest BCUT2D eigenvalue weighted by Gasteiger charge is 2.28. The summed E-state index contributed by atoms with van der Waals surface area (Å²) in [6.45, 7) is 9.38. The Kier molecular flexibility index (Phi) is 5.91. The maximum atomic E-state index is 12.2. The normalized spacial score (nSPS) is 22.8. The van der Waals surface area contributed by atoms with Gasteiger partial charge in [0.05, 0.1) is 0 Å². The molecule has 1 aromatic rings. The number of para-hydroxylation sites is 2. The quantitative estimate of drug-likeness (QED) is 0.892. The summed E-state index contributed by atoms with van der Waals surface area (Å²) in [7, 11) is 0. The number of piperidine rings is 1. The monoisotopic (exact) mass is 362 g/mol. The minimum atomic E-state index is -0.448. The highest BCUT2D eigenvalue weighted by molar-refractivity contribution is 5.68. The van der Waals surface area contributed by atoms with Gasteiger partial charge in [0, 0.05) is 19.6 Å². The number of benzene rings is 1. The Morgan fingerprint density at radius 3 is 2.81 bits per heavy atom. The molecule has 1 fully saturated rings. The van der Waals surface area contributed by atoms with E-state index in [4.69, 9.17) is 14.2 Å². The number of rotatable bonds is 4. The van der Waals surface area contributed by atoms with Gasteiger partial charge in [0.1, 0.15) is 18.3 Å². The summed E-state index contributed by atoms with van der Waals surface area (Å²) in [5.41, 5.74) is -0.448. The Bertz CT molecular complexity index is 614. The predicted octanol–water partition coefficient (Wildman–Crippen LogP) is 3.06. The summed E-state index contributed by atoms with van der Waals surface area (Å²) in [6.07, 6.45) is 1.94. The molecule has 0 aliphatic carbocycles. The molecule has 144 valence electrons. The fraction of sp³-hybridized carbons (Fsp3) is 0.650. The van der Waals surface area contributed by atoms with Crippen LogP contribution < -0.4 is 14.8 Å². The molecular formula is C20H30N2O4. The summed E-state index contributed by atoms with van der Waals surface area (Å²) < 4.78 is 17.2. The zero-order valence-corrected chi connectivity index (χ0v) is 16.0. The molecule has 1 aromatic carbocycles. The van der Waals surface area contributed by atoms with E-state index in [9.17, 15) is 4.79 Å². The Hall–Kier alpha value is -1.95. The van der Waals surface area contributed by atoms with Crippen molar-refractivity contribution in [2.24, 2.45) is 5.92 Å². The second kappa shape index (κ2) is 8.16. The largest absolute Gasteiger partial charge is 0.486 e. The van der Waals surface area contributed by atoms with Crippen molar-refractivity contribution in [3.63, 3.8) is 0 Å². The Labute approximate surface area is 155 Å². The summed E-state index contributed by atoms with van der Waals surface area (Å²) in [5.74, 6) is 2.05. The first kappa shape index (κ1) is 18.8. The number of fused-ring (bicyclic) bond motifs is 1. The molecule has 2 unspecified atom stereocenters. The van der Waals surface area contributed by atoms with Gasteiger partial charge in [-0.05, 0) is 58.2 Å². The molecule has 0 aromatic heterocycles. The maximum Gasteiger partial charge on any atom is 0.410 e. The minimum Gasteiger partial charge on any atom is -0.486 e. The van der Waals surface area contributed by atoms with E-state index in [1.165, 1.54) is 0 Å². The first-order chi connectivity index (χ1) is 12.4. The molecule has 0 spiro atoms.